The Hall–Kier alpha value is -3.22. The van der Waals surface area contributed by atoms with E-state index in [0.717, 1.165) is 22.0 Å². The van der Waals surface area contributed by atoms with E-state index in [2.05, 4.69) is 29.1 Å². The van der Waals surface area contributed by atoms with Crippen molar-refractivity contribution >= 4 is 22.8 Å². The zero-order valence-electron chi connectivity index (χ0n) is 18.1. The van der Waals surface area contributed by atoms with Crippen molar-refractivity contribution in [2.45, 2.75) is 52.7 Å². The number of fused-ring (bicyclic) bond motifs is 1. The van der Waals surface area contributed by atoms with Crippen molar-refractivity contribution < 1.29 is 9.53 Å². The molecule has 0 saturated carbocycles. The number of alkyl carbamates (subject to hydrolysis) is 1. The second-order valence-corrected chi connectivity index (χ2v) is 8.76. The first kappa shape index (κ1) is 21.5. The summed E-state index contributed by atoms with van der Waals surface area (Å²) >= 11 is 0. The summed E-state index contributed by atoms with van der Waals surface area (Å²) in [5.74, 6) is 1.18. The van der Waals surface area contributed by atoms with Crippen LogP contribution in [-0.4, -0.2) is 26.6 Å². The highest BCUT2D eigenvalue weighted by Gasteiger charge is 2.24. The molecular weight excluding hydrogens is 378 g/mol. The Bertz CT molecular complexity index is 1030. The number of nitrogens with two attached hydrogens (primary N) is 1. The summed E-state index contributed by atoms with van der Waals surface area (Å²) in [6, 6.07) is 9.37. The van der Waals surface area contributed by atoms with E-state index in [1.165, 1.54) is 0 Å². The first-order chi connectivity index (χ1) is 14.1. The van der Waals surface area contributed by atoms with Gasteiger partial charge in [0.05, 0.1) is 11.6 Å². The van der Waals surface area contributed by atoms with Gasteiger partial charge in [-0.15, -0.1) is 0 Å². The van der Waals surface area contributed by atoms with Crippen molar-refractivity contribution in [3.05, 3.63) is 48.5 Å². The lowest BCUT2D eigenvalue weighted by molar-refractivity contribution is 0.0495. The number of carbonyl (C=O) groups excluding carboxylic acids is 1. The van der Waals surface area contributed by atoms with Crippen molar-refractivity contribution in [2.75, 3.05) is 5.73 Å². The summed E-state index contributed by atoms with van der Waals surface area (Å²) in [6.07, 6.45) is 3.67. The lowest BCUT2D eigenvalue weighted by Crippen LogP contribution is -2.36. The van der Waals surface area contributed by atoms with Crippen LogP contribution in [-0.2, 0) is 4.74 Å². The van der Waals surface area contributed by atoms with Gasteiger partial charge in [0.15, 0.2) is 5.82 Å². The summed E-state index contributed by atoms with van der Waals surface area (Å²) in [7, 11) is 0. The number of nitrogen functional groups attached to an aromatic ring is 1. The fourth-order valence-corrected chi connectivity index (χ4v) is 3.20. The maximum absolute atomic E-state index is 12.3. The van der Waals surface area contributed by atoms with Gasteiger partial charge in [0, 0.05) is 17.8 Å². The molecule has 0 aliphatic carbocycles. The highest BCUT2D eigenvalue weighted by atomic mass is 16.6. The first-order valence-corrected chi connectivity index (χ1v) is 10.1. The Balaban J connectivity index is 1.95. The van der Waals surface area contributed by atoms with Gasteiger partial charge in [-0.1, -0.05) is 19.9 Å². The molecule has 1 atom stereocenters. The van der Waals surface area contributed by atoms with Crippen molar-refractivity contribution in [2.24, 2.45) is 5.92 Å². The molecule has 0 aliphatic heterocycles. The molecule has 0 fully saturated rings. The Morgan fingerprint density at radius 2 is 1.80 bits per heavy atom. The zero-order chi connectivity index (χ0) is 21.9. The predicted molar refractivity (Wildman–Crippen MR) is 119 cm³/mol. The summed E-state index contributed by atoms with van der Waals surface area (Å²) in [6.45, 7) is 9.64. The maximum Gasteiger partial charge on any atom is 0.408 e. The van der Waals surface area contributed by atoms with Crippen LogP contribution in [0.5, 0.6) is 0 Å². The Kier molecular flexibility index (Phi) is 6.20. The fraction of sp³-hybridized carbons (Fsp3) is 0.391. The quantitative estimate of drug-likeness (QED) is 0.624. The number of nitrogens with zero attached hydrogens (tertiary/aromatic N) is 3. The molecule has 1 unspecified atom stereocenters. The highest BCUT2D eigenvalue weighted by Crippen LogP contribution is 2.28. The van der Waals surface area contributed by atoms with Gasteiger partial charge in [0.25, 0.3) is 0 Å². The summed E-state index contributed by atoms with van der Waals surface area (Å²) in [4.78, 5) is 25.6. The third kappa shape index (κ3) is 5.43. The van der Waals surface area contributed by atoms with E-state index < -0.39 is 17.7 Å². The molecule has 2 aromatic heterocycles. The summed E-state index contributed by atoms with van der Waals surface area (Å²) in [5.41, 5.74) is 8.50. The van der Waals surface area contributed by atoms with Crippen LogP contribution in [0.2, 0.25) is 0 Å². The molecule has 1 amide bonds. The van der Waals surface area contributed by atoms with Gasteiger partial charge >= 0.3 is 6.09 Å². The third-order valence-electron chi connectivity index (χ3n) is 4.47. The molecule has 30 heavy (non-hydrogen) atoms. The van der Waals surface area contributed by atoms with Gasteiger partial charge in [-0.05, 0) is 68.5 Å². The Labute approximate surface area is 177 Å². The normalized spacial score (nSPS) is 12.7. The van der Waals surface area contributed by atoms with Gasteiger partial charge in [-0.25, -0.2) is 14.8 Å². The lowest BCUT2D eigenvalue weighted by Gasteiger charge is -2.24. The predicted octanol–water partition coefficient (Wildman–Crippen LogP) is 4.89. The Morgan fingerprint density at radius 3 is 2.43 bits per heavy atom. The van der Waals surface area contributed by atoms with Crippen LogP contribution in [0.15, 0.2) is 42.7 Å². The van der Waals surface area contributed by atoms with E-state index in [9.17, 15) is 4.79 Å². The molecule has 0 spiro atoms. The van der Waals surface area contributed by atoms with Crippen LogP contribution in [0.4, 0.5) is 10.6 Å². The van der Waals surface area contributed by atoms with Crippen molar-refractivity contribution in [3.8, 4) is 11.1 Å². The maximum atomic E-state index is 12.3. The van der Waals surface area contributed by atoms with Crippen LogP contribution in [0, 0.1) is 5.92 Å². The van der Waals surface area contributed by atoms with Crippen LogP contribution >= 0.6 is 0 Å². The number of carbonyl (C=O) groups is 1. The molecule has 3 aromatic rings. The molecule has 0 aliphatic rings. The minimum atomic E-state index is -0.584. The topological polar surface area (TPSA) is 103 Å². The van der Waals surface area contributed by atoms with E-state index in [0.29, 0.717) is 24.0 Å². The summed E-state index contributed by atoms with van der Waals surface area (Å²) in [5, 5.41) is 3.67. The van der Waals surface area contributed by atoms with E-state index in [1.54, 1.807) is 12.4 Å². The van der Waals surface area contributed by atoms with E-state index in [1.807, 2.05) is 51.1 Å². The van der Waals surface area contributed by atoms with E-state index >= 15 is 0 Å². The van der Waals surface area contributed by atoms with E-state index in [-0.39, 0.29) is 0 Å². The van der Waals surface area contributed by atoms with Gasteiger partial charge in [-0.2, -0.15) is 0 Å². The molecular formula is C23H29N5O2. The number of ether oxygens (including phenoxy) is 1. The van der Waals surface area contributed by atoms with Crippen molar-refractivity contribution in [1.29, 1.82) is 0 Å². The van der Waals surface area contributed by atoms with Crippen LogP contribution in [0.1, 0.15) is 52.9 Å². The average Bonchev–Trinajstić information content (AvgIpc) is 2.66. The third-order valence-corrected chi connectivity index (χ3v) is 4.47. The molecule has 1 aromatic carbocycles. The molecule has 0 bridgehead atoms. The smallest absolute Gasteiger partial charge is 0.408 e. The van der Waals surface area contributed by atoms with Gasteiger partial charge in [0.1, 0.15) is 11.4 Å². The molecule has 7 nitrogen and oxygen atoms in total. The second kappa shape index (κ2) is 8.65. The van der Waals surface area contributed by atoms with Crippen LogP contribution in [0.3, 0.4) is 0 Å². The molecule has 0 radical (unpaired) electrons. The van der Waals surface area contributed by atoms with Gasteiger partial charge < -0.3 is 15.8 Å². The SMILES string of the molecule is CC(C)CC(NC(=O)OC(C)(C)C)c1nc(N)c2cc(-c3ccncc3)ccc2n1. The molecule has 3 N–H and O–H groups in total. The molecule has 2 heterocycles. The second-order valence-electron chi connectivity index (χ2n) is 8.76. The first-order valence-electron chi connectivity index (χ1n) is 10.1. The van der Waals surface area contributed by atoms with Crippen molar-refractivity contribution in [1.82, 2.24) is 20.3 Å². The molecule has 7 heteroatoms. The number of pyridine rings is 1. The molecule has 158 valence electrons. The number of benzene rings is 1. The van der Waals surface area contributed by atoms with Crippen molar-refractivity contribution in [3.63, 3.8) is 0 Å². The Morgan fingerprint density at radius 1 is 1.10 bits per heavy atom. The zero-order valence-corrected chi connectivity index (χ0v) is 18.1. The minimum absolute atomic E-state index is 0.319. The number of nitrogens with one attached hydrogen (secondary N) is 1. The average molecular weight is 408 g/mol. The monoisotopic (exact) mass is 407 g/mol. The molecule has 0 saturated heterocycles. The largest absolute Gasteiger partial charge is 0.444 e. The number of anilines is 1. The van der Waals surface area contributed by atoms with Gasteiger partial charge in [-0.3, -0.25) is 4.98 Å². The van der Waals surface area contributed by atoms with Crippen LogP contribution in [0.25, 0.3) is 22.0 Å². The number of rotatable bonds is 5. The molecule has 3 rings (SSSR count). The number of hydrogen-bond donors (Lipinski definition) is 2. The minimum Gasteiger partial charge on any atom is -0.444 e. The van der Waals surface area contributed by atoms with E-state index in [4.69, 9.17) is 15.5 Å². The summed E-state index contributed by atoms with van der Waals surface area (Å²) < 4.78 is 5.41. The highest BCUT2D eigenvalue weighted by molar-refractivity contribution is 5.91. The van der Waals surface area contributed by atoms with Crippen LogP contribution < -0.4 is 11.1 Å². The number of amides is 1. The lowest BCUT2D eigenvalue weighted by atomic mass is 10.0. The van der Waals surface area contributed by atoms with Gasteiger partial charge in [0.2, 0.25) is 0 Å². The fourth-order valence-electron chi connectivity index (χ4n) is 3.20. The standard InChI is InChI=1S/C23H29N5O2/c1-14(2)12-19(27-22(29)30-23(3,4)5)21-26-18-7-6-16(13-17(18)20(24)28-21)15-8-10-25-11-9-15/h6-11,13-14,19H,12H2,1-5H3,(H,27,29)(H2,24,26,28). The number of aromatic nitrogens is 3. The number of hydrogen-bond acceptors (Lipinski definition) is 6.